The standard InChI is InChI=1S/C30H33N5O5/c1-39-24-12-5-11-23(19-24)35-30(38)25(28(34-35)22-10-6-15-32-20-22)14-17-40-16-7-13-27(36)33-26(29(31)37)18-21-8-3-2-4-9-21/h2-6,8-12,15,19-20,26,34H,7,13-14,16-18H2,1H3,(H2,31,37)(H,33,36). The lowest BCUT2D eigenvalue weighted by Gasteiger charge is -2.15. The van der Waals surface area contributed by atoms with Crippen LogP contribution in [0.5, 0.6) is 5.75 Å². The summed E-state index contributed by atoms with van der Waals surface area (Å²) < 4.78 is 12.6. The normalized spacial score (nSPS) is 11.6. The molecule has 40 heavy (non-hydrogen) atoms. The summed E-state index contributed by atoms with van der Waals surface area (Å²) >= 11 is 0. The van der Waals surface area contributed by atoms with Gasteiger partial charge in [0, 0.05) is 55.5 Å². The topological polar surface area (TPSA) is 141 Å². The van der Waals surface area contributed by atoms with E-state index in [4.69, 9.17) is 15.2 Å². The largest absolute Gasteiger partial charge is 0.497 e. The van der Waals surface area contributed by atoms with Crippen LogP contribution < -0.4 is 21.3 Å². The van der Waals surface area contributed by atoms with Gasteiger partial charge in [-0.15, -0.1) is 0 Å². The number of pyridine rings is 1. The maximum atomic E-state index is 13.4. The van der Waals surface area contributed by atoms with Crippen molar-refractivity contribution in [3.8, 4) is 22.7 Å². The number of hydrogen-bond acceptors (Lipinski definition) is 6. The lowest BCUT2D eigenvalue weighted by molar-refractivity contribution is -0.127. The second kappa shape index (κ2) is 13.9. The van der Waals surface area contributed by atoms with Crippen LogP contribution in [0.15, 0.2) is 83.9 Å². The van der Waals surface area contributed by atoms with Crippen LogP contribution >= 0.6 is 0 Å². The minimum absolute atomic E-state index is 0.187. The van der Waals surface area contributed by atoms with E-state index >= 15 is 0 Å². The van der Waals surface area contributed by atoms with Crippen LogP contribution in [0, 0.1) is 0 Å². The van der Waals surface area contributed by atoms with Crippen LogP contribution in [0.3, 0.4) is 0 Å². The molecule has 4 aromatic rings. The minimum Gasteiger partial charge on any atom is -0.497 e. The summed E-state index contributed by atoms with van der Waals surface area (Å²) in [7, 11) is 1.57. The molecule has 0 aliphatic heterocycles. The van der Waals surface area contributed by atoms with Gasteiger partial charge in [0.05, 0.1) is 25.1 Å². The predicted octanol–water partition coefficient (Wildman–Crippen LogP) is 2.79. The summed E-state index contributed by atoms with van der Waals surface area (Å²) in [6.07, 6.45) is 4.71. The van der Waals surface area contributed by atoms with Gasteiger partial charge in [-0.1, -0.05) is 36.4 Å². The van der Waals surface area contributed by atoms with E-state index in [9.17, 15) is 14.4 Å². The van der Waals surface area contributed by atoms with Crippen LogP contribution in [0.25, 0.3) is 16.9 Å². The van der Waals surface area contributed by atoms with Crippen molar-refractivity contribution in [1.82, 2.24) is 20.1 Å². The number of nitrogens with two attached hydrogens (primary N) is 1. The number of amides is 2. The highest BCUT2D eigenvalue weighted by molar-refractivity contribution is 5.86. The van der Waals surface area contributed by atoms with Crippen LogP contribution in [-0.2, 0) is 27.2 Å². The molecule has 0 radical (unpaired) electrons. The summed E-state index contributed by atoms with van der Waals surface area (Å²) in [6, 6.07) is 19.5. The molecular formula is C30H33N5O5. The zero-order valence-electron chi connectivity index (χ0n) is 22.3. The third-order valence-electron chi connectivity index (χ3n) is 6.40. The molecule has 0 aliphatic rings. The highest BCUT2D eigenvalue weighted by Gasteiger charge is 2.19. The third kappa shape index (κ3) is 7.45. The SMILES string of the molecule is COc1cccc(-n2[nH]c(-c3cccnc3)c(CCOCCCC(=O)NC(Cc3ccccc3)C(N)=O)c2=O)c1. The fraction of sp³-hybridized carbons (Fsp3) is 0.267. The lowest BCUT2D eigenvalue weighted by Crippen LogP contribution is -2.45. The number of aromatic nitrogens is 3. The second-order valence-corrected chi connectivity index (χ2v) is 9.23. The van der Waals surface area contributed by atoms with Crippen molar-refractivity contribution < 1.29 is 19.1 Å². The Labute approximate surface area is 232 Å². The van der Waals surface area contributed by atoms with Crippen molar-refractivity contribution in [1.29, 1.82) is 0 Å². The highest BCUT2D eigenvalue weighted by atomic mass is 16.5. The van der Waals surface area contributed by atoms with Crippen LogP contribution in [0.4, 0.5) is 0 Å². The van der Waals surface area contributed by atoms with Crippen LogP contribution in [-0.4, -0.2) is 52.9 Å². The fourth-order valence-electron chi connectivity index (χ4n) is 4.33. The summed E-state index contributed by atoms with van der Waals surface area (Å²) in [5.41, 5.74) is 8.87. The van der Waals surface area contributed by atoms with Crippen molar-refractivity contribution >= 4 is 11.8 Å². The molecule has 0 spiro atoms. The third-order valence-corrected chi connectivity index (χ3v) is 6.40. The van der Waals surface area contributed by atoms with Crippen molar-refractivity contribution in [2.24, 2.45) is 5.73 Å². The first kappa shape index (κ1) is 28.3. The quantitative estimate of drug-likeness (QED) is 0.209. The molecule has 0 fully saturated rings. The van der Waals surface area contributed by atoms with E-state index in [1.54, 1.807) is 25.6 Å². The number of nitrogens with one attached hydrogen (secondary N) is 2. The zero-order chi connectivity index (χ0) is 28.3. The van der Waals surface area contributed by atoms with Gasteiger partial charge < -0.3 is 20.5 Å². The number of methoxy groups -OCH3 is 1. The average molecular weight is 544 g/mol. The molecule has 2 aromatic carbocycles. The molecule has 0 bridgehead atoms. The molecule has 2 heterocycles. The molecule has 1 atom stereocenters. The van der Waals surface area contributed by atoms with E-state index in [1.165, 1.54) is 4.68 Å². The molecule has 2 aromatic heterocycles. The van der Waals surface area contributed by atoms with Gasteiger partial charge in [-0.25, -0.2) is 4.68 Å². The Bertz CT molecular complexity index is 1470. The number of primary amides is 1. The molecule has 0 aliphatic carbocycles. The molecule has 2 amide bonds. The summed E-state index contributed by atoms with van der Waals surface area (Å²) in [5.74, 6) is -0.212. The average Bonchev–Trinajstić information content (AvgIpc) is 3.31. The van der Waals surface area contributed by atoms with Crippen molar-refractivity contribution in [2.45, 2.75) is 31.7 Å². The van der Waals surface area contributed by atoms with Crippen LogP contribution in [0.2, 0.25) is 0 Å². The number of ether oxygens (including phenoxy) is 2. The van der Waals surface area contributed by atoms with Crippen molar-refractivity contribution in [3.05, 3.63) is 101 Å². The zero-order valence-corrected chi connectivity index (χ0v) is 22.3. The molecule has 10 heteroatoms. The first-order valence-electron chi connectivity index (χ1n) is 13.1. The van der Waals surface area contributed by atoms with E-state index < -0.39 is 11.9 Å². The van der Waals surface area contributed by atoms with Crippen molar-refractivity contribution in [3.63, 3.8) is 0 Å². The highest BCUT2D eigenvalue weighted by Crippen LogP contribution is 2.22. The fourth-order valence-corrected chi connectivity index (χ4v) is 4.33. The number of aromatic amines is 1. The van der Waals surface area contributed by atoms with Gasteiger partial charge in [0.1, 0.15) is 11.8 Å². The van der Waals surface area contributed by atoms with Gasteiger partial charge >= 0.3 is 0 Å². The number of hydrogen-bond donors (Lipinski definition) is 3. The van der Waals surface area contributed by atoms with Gasteiger partial charge in [0.25, 0.3) is 5.56 Å². The van der Waals surface area contributed by atoms with Gasteiger partial charge in [0.2, 0.25) is 11.8 Å². The second-order valence-electron chi connectivity index (χ2n) is 9.23. The summed E-state index contributed by atoms with van der Waals surface area (Å²) in [5, 5.41) is 5.92. The van der Waals surface area contributed by atoms with Crippen LogP contribution in [0.1, 0.15) is 24.0 Å². The lowest BCUT2D eigenvalue weighted by atomic mass is 10.1. The maximum Gasteiger partial charge on any atom is 0.275 e. The van der Waals surface area contributed by atoms with Gasteiger partial charge in [-0.2, -0.15) is 0 Å². The smallest absolute Gasteiger partial charge is 0.275 e. The van der Waals surface area contributed by atoms with E-state index in [2.05, 4.69) is 15.4 Å². The molecule has 10 nitrogen and oxygen atoms in total. The first-order chi connectivity index (χ1) is 19.5. The Morgan fingerprint density at radius 3 is 2.62 bits per heavy atom. The van der Waals surface area contributed by atoms with Gasteiger partial charge in [-0.05, 0) is 36.2 Å². The summed E-state index contributed by atoms with van der Waals surface area (Å²) in [6.45, 7) is 0.613. The molecule has 0 saturated carbocycles. The Morgan fingerprint density at radius 1 is 1.07 bits per heavy atom. The number of nitrogens with zero attached hydrogens (tertiary/aromatic N) is 2. The van der Waals surface area contributed by atoms with Crippen molar-refractivity contribution in [2.75, 3.05) is 20.3 Å². The monoisotopic (exact) mass is 543 g/mol. The number of H-pyrrole nitrogens is 1. The molecule has 1 unspecified atom stereocenters. The number of rotatable bonds is 14. The van der Waals surface area contributed by atoms with E-state index in [1.807, 2.05) is 60.7 Å². The molecular weight excluding hydrogens is 510 g/mol. The Hall–Kier alpha value is -4.70. The maximum absolute atomic E-state index is 13.4. The molecule has 208 valence electrons. The number of benzene rings is 2. The summed E-state index contributed by atoms with van der Waals surface area (Å²) in [4.78, 5) is 41.8. The molecule has 4 N–H and O–H groups in total. The number of carbonyl (C=O) groups is 2. The Balaban J connectivity index is 1.32. The van der Waals surface area contributed by atoms with E-state index in [0.29, 0.717) is 48.6 Å². The Kier molecular flexibility index (Phi) is 9.84. The predicted molar refractivity (Wildman–Crippen MR) is 151 cm³/mol. The van der Waals surface area contributed by atoms with Gasteiger partial charge in [-0.3, -0.25) is 24.5 Å². The first-order valence-corrected chi connectivity index (χ1v) is 13.1. The minimum atomic E-state index is -0.776. The molecule has 4 rings (SSSR count). The van der Waals surface area contributed by atoms with E-state index in [-0.39, 0.29) is 24.5 Å². The Morgan fingerprint density at radius 2 is 1.90 bits per heavy atom. The van der Waals surface area contributed by atoms with Gasteiger partial charge in [0.15, 0.2) is 0 Å². The molecule has 0 saturated heterocycles. The number of carbonyl (C=O) groups excluding carboxylic acids is 2. The van der Waals surface area contributed by atoms with E-state index in [0.717, 1.165) is 11.1 Å².